The van der Waals surface area contributed by atoms with Gasteiger partial charge < -0.3 is 21.5 Å². The summed E-state index contributed by atoms with van der Waals surface area (Å²) in [6.07, 6.45) is 34.8. The summed E-state index contributed by atoms with van der Waals surface area (Å²) in [5.74, 6) is 0. The molecule has 0 amide bonds. The summed E-state index contributed by atoms with van der Waals surface area (Å²) in [7, 11) is 0. The molecule has 0 aromatic rings. The van der Waals surface area contributed by atoms with Gasteiger partial charge in [-0.1, -0.05) is 130 Å². The lowest BCUT2D eigenvalue weighted by atomic mass is 10.0. The Bertz CT molecular complexity index is 287. The maximum Gasteiger partial charge on any atom is 0.0786 e. The molecule has 0 aromatic heterocycles. The van der Waals surface area contributed by atoms with Crippen molar-refractivity contribution in [1.82, 2.24) is 0 Å². The van der Waals surface area contributed by atoms with E-state index < -0.39 is 0 Å². The third kappa shape index (κ3) is 27.3. The zero-order chi connectivity index (χ0) is 24.3. The molecule has 35 heavy (non-hydrogen) atoms. The number of nitrogens with zero attached hydrogens (tertiary/aromatic N) is 1. The van der Waals surface area contributed by atoms with Crippen LogP contribution in [0.5, 0.6) is 0 Å². The van der Waals surface area contributed by atoms with Crippen molar-refractivity contribution in [2.24, 2.45) is 0 Å². The summed E-state index contributed by atoms with van der Waals surface area (Å²) >= 11 is 0. The van der Waals surface area contributed by atoms with Gasteiger partial charge in [-0.15, -0.1) is 0 Å². The van der Waals surface area contributed by atoms with Crippen LogP contribution in [0.3, 0.4) is 0 Å². The molecule has 0 aromatic carbocycles. The van der Waals surface area contributed by atoms with Gasteiger partial charge in [-0.25, -0.2) is 0 Å². The van der Waals surface area contributed by atoms with Crippen molar-refractivity contribution < 1.29 is 21.5 Å². The SMILES string of the molecule is CCCCCCCC[N+](CCCCCCCC)(CCCCCCCC)CCCCCCCC.[Br-].[C]. The van der Waals surface area contributed by atoms with Gasteiger partial charge in [0.2, 0.25) is 0 Å². The predicted molar refractivity (Wildman–Crippen MR) is 156 cm³/mol. The number of halogens is 1. The van der Waals surface area contributed by atoms with E-state index in [1.54, 1.807) is 0 Å². The number of hydrogen-bond donors (Lipinski definition) is 0. The van der Waals surface area contributed by atoms with Gasteiger partial charge in [0.1, 0.15) is 0 Å². The summed E-state index contributed by atoms with van der Waals surface area (Å²) in [5.41, 5.74) is 0. The van der Waals surface area contributed by atoms with Crippen LogP contribution in [0.25, 0.3) is 0 Å². The monoisotopic (exact) mass is 557 g/mol. The predicted octanol–water partition coefficient (Wildman–Crippen LogP) is 8.33. The molecular formula is C33H68BrN. The third-order valence-corrected chi connectivity index (χ3v) is 7.94. The van der Waals surface area contributed by atoms with E-state index in [-0.39, 0.29) is 24.4 Å². The second kappa shape index (κ2) is 32.5. The largest absolute Gasteiger partial charge is 1.00 e. The topological polar surface area (TPSA) is 0 Å². The van der Waals surface area contributed by atoms with Gasteiger partial charge in [0, 0.05) is 7.43 Å². The van der Waals surface area contributed by atoms with Gasteiger partial charge in [0.15, 0.2) is 0 Å². The highest BCUT2D eigenvalue weighted by Crippen LogP contribution is 2.20. The van der Waals surface area contributed by atoms with Crippen LogP contribution < -0.4 is 17.0 Å². The molecule has 0 rings (SSSR count). The van der Waals surface area contributed by atoms with Crippen LogP contribution in [-0.4, -0.2) is 30.7 Å². The van der Waals surface area contributed by atoms with Gasteiger partial charge in [-0.2, -0.15) is 0 Å². The number of unbranched alkanes of at least 4 members (excludes halogenated alkanes) is 20. The Kier molecular flexibility index (Phi) is 37.1. The summed E-state index contributed by atoms with van der Waals surface area (Å²) in [4.78, 5) is 0. The Morgan fingerprint density at radius 3 is 0.657 bits per heavy atom. The van der Waals surface area contributed by atoms with Gasteiger partial charge in [0.25, 0.3) is 0 Å². The minimum absolute atomic E-state index is 0. The molecular weight excluding hydrogens is 490 g/mol. The van der Waals surface area contributed by atoms with E-state index in [9.17, 15) is 0 Å². The lowest BCUT2D eigenvalue weighted by Gasteiger charge is -2.40. The molecule has 0 aliphatic carbocycles. The van der Waals surface area contributed by atoms with E-state index >= 15 is 0 Å². The second-order valence-corrected chi connectivity index (χ2v) is 11.3. The Morgan fingerprint density at radius 2 is 0.457 bits per heavy atom. The average molecular weight is 559 g/mol. The van der Waals surface area contributed by atoms with Crippen molar-refractivity contribution >= 4 is 0 Å². The fraction of sp³-hybridized carbons (Fsp3) is 0.970. The third-order valence-electron chi connectivity index (χ3n) is 7.94. The maximum absolute atomic E-state index is 2.34. The van der Waals surface area contributed by atoms with Gasteiger partial charge in [-0.3, -0.25) is 0 Å². The zero-order valence-electron chi connectivity index (χ0n) is 25.1. The van der Waals surface area contributed by atoms with Crippen LogP contribution in [0, 0.1) is 7.43 Å². The van der Waals surface area contributed by atoms with E-state index in [2.05, 4.69) is 27.7 Å². The van der Waals surface area contributed by atoms with Gasteiger partial charge in [-0.05, 0) is 51.4 Å². The molecule has 2 heteroatoms. The smallest absolute Gasteiger partial charge is 0.0786 e. The second-order valence-electron chi connectivity index (χ2n) is 11.3. The van der Waals surface area contributed by atoms with Crippen molar-refractivity contribution in [2.45, 2.75) is 182 Å². The average Bonchev–Trinajstić information content (AvgIpc) is 2.83. The minimum Gasteiger partial charge on any atom is -1.00 e. The van der Waals surface area contributed by atoms with Crippen molar-refractivity contribution in [1.29, 1.82) is 0 Å². The standard InChI is InChI=1S/C32H68N.C.BrH/c1-5-9-13-17-21-25-29-33(30-26-22-18-14-10-6-2,31-27-23-19-15-11-7-3)32-28-24-20-16-12-8-4;;/h5-32H2,1-4H3;;1H/q+1;;/p-1. The van der Waals surface area contributed by atoms with Gasteiger partial charge >= 0.3 is 0 Å². The number of quaternary nitrogens is 1. The molecule has 4 radical (unpaired) electrons. The fourth-order valence-electron chi connectivity index (χ4n) is 5.58. The van der Waals surface area contributed by atoms with Crippen LogP contribution in [0.1, 0.15) is 182 Å². The molecule has 212 valence electrons. The van der Waals surface area contributed by atoms with E-state index in [1.165, 1.54) is 185 Å². The summed E-state index contributed by atoms with van der Waals surface area (Å²) in [6.45, 7) is 15.3. The van der Waals surface area contributed by atoms with E-state index in [4.69, 9.17) is 0 Å². The lowest BCUT2D eigenvalue weighted by Crippen LogP contribution is -3.00. The Hall–Kier alpha value is 0.440. The summed E-state index contributed by atoms with van der Waals surface area (Å²) < 4.78 is 1.48. The Balaban J connectivity index is -0.00000512. The van der Waals surface area contributed by atoms with Crippen LogP contribution in [-0.2, 0) is 0 Å². The molecule has 0 heterocycles. The summed E-state index contributed by atoms with van der Waals surface area (Å²) in [6, 6.07) is 0. The first-order valence-corrected chi connectivity index (χ1v) is 16.1. The Labute approximate surface area is 236 Å². The summed E-state index contributed by atoms with van der Waals surface area (Å²) in [5, 5.41) is 0. The minimum atomic E-state index is 0. The first-order chi connectivity index (χ1) is 16.2. The van der Waals surface area contributed by atoms with Crippen LogP contribution >= 0.6 is 0 Å². The fourth-order valence-corrected chi connectivity index (χ4v) is 5.58. The molecule has 0 N–H and O–H groups in total. The molecule has 1 nitrogen and oxygen atoms in total. The maximum atomic E-state index is 2.34. The zero-order valence-corrected chi connectivity index (χ0v) is 26.7. The van der Waals surface area contributed by atoms with Crippen LogP contribution in [0.15, 0.2) is 0 Å². The molecule has 0 fully saturated rings. The lowest BCUT2D eigenvalue weighted by molar-refractivity contribution is -0.929. The van der Waals surface area contributed by atoms with Crippen molar-refractivity contribution in [3.05, 3.63) is 7.43 Å². The van der Waals surface area contributed by atoms with Gasteiger partial charge in [0.05, 0.1) is 26.2 Å². The van der Waals surface area contributed by atoms with Crippen LogP contribution in [0.2, 0.25) is 0 Å². The molecule has 0 saturated heterocycles. The van der Waals surface area contributed by atoms with Crippen LogP contribution in [0.4, 0.5) is 0 Å². The first kappa shape index (κ1) is 39.9. The highest BCUT2D eigenvalue weighted by atomic mass is 79.9. The quantitative estimate of drug-likeness (QED) is 0.0669. The van der Waals surface area contributed by atoms with Crippen molar-refractivity contribution in [3.8, 4) is 0 Å². The Morgan fingerprint density at radius 1 is 0.286 bits per heavy atom. The highest BCUT2D eigenvalue weighted by Gasteiger charge is 2.25. The highest BCUT2D eigenvalue weighted by molar-refractivity contribution is 4.55. The van der Waals surface area contributed by atoms with E-state index in [1.807, 2.05) is 0 Å². The molecule has 0 atom stereocenters. The first-order valence-electron chi connectivity index (χ1n) is 16.1. The molecule has 0 unspecified atom stereocenters. The number of rotatable bonds is 28. The van der Waals surface area contributed by atoms with E-state index in [0.717, 1.165) is 0 Å². The molecule has 0 aliphatic heterocycles. The number of hydrogen-bond acceptors (Lipinski definition) is 0. The molecule has 0 saturated carbocycles. The molecule has 0 bridgehead atoms. The van der Waals surface area contributed by atoms with Crippen molar-refractivity contribution in [3.63, 3.8) is 0 Å². The van der Waals surface area contributed by atoms with Crippen molar-refractivity contribution in [2.75, 3.05) is 26.2 Å². The normalized spacial score (nSPS) is 11.3. The molecule has 0 spiro atoms. The van der Waals surface area contributed by atoms with E-state index in [0.29, 0.717) is 0 Å². The molecule has 0 aliphatic rings.